The predicted molar refractivity (Wildman–Crippen MR) is 101 cm³/mol. The molecule has 1 heterocycles. The van der Waals surface area contributed by atoms with Crippen LogP contribution in [0.5, 0.6) is 0 Å². The summed E-state index contributed by atoms with van der Waals surface area (Å²) in [7, 11) is 0. The zero-order chi connectivity index (χ0) is 17.0. The molecular formula is C19H38N4O. The minimum Gasteiger partial charge on any atom is -0.378 e. The summed E-state index contributed by atoms with van der Waals surface area (Å²) in [6, 6.07) is 0.590. The van der Waals surface area contributed by atoms with E-state index < -0.39 is 0 Å². The SMILES string of the molecule is CCN1CCCC1CN=C(N)NCCCCCOC1CCCCC1. The Bertz CT molecular complexity index is 355. The fraction of sp³-hybridized carbons (Fsp3) is 0.947. The largest absolute Gasteiger partial charge is 0.378 e. The monoisotopic (exact) mass is 338 g/mol. The van der Waals surface area contributed by atoms with Crippen LogP contribution in [0.4, 0.5) is 0 Å². The number of nitrogens with two attached hydrogens (primary N) is 1. The smallest absolute Gasteiger partial charge is 0.188 e. The highest BCUT2D eigenvalue weighted by Crippen LogP contribution is 2.20. The third kappa shape index (κ3) is 7.39. The van der Waals surface area contributed by atoms with Crippen LogP contribution >= 0.6 is 0 Å². The Morgan fingerprint density at radius 3 is 2.75 bits per heavy atom. The van der Waals surface area contributed by atoms with Gasteiger partial charge < -0.3 is 15.8 Å². The summed E-state index contributed by atoms with van der Waals surface area (Å²) in [5.74, 6) is 0.608. The summed E-state index contributed by atoms with van der Waals surface area (Å²) in [5, 5.41) is 3.25. The fourth-order valence-electron chi connectivity index (χ4n) is 3.88. The molecule has 0 aromatic heterocycles. The van der Waals surface area contributed by atoms with E-state index >= 15 is 0 Å². The normalized spacial score (nSPS) is 23.7. The van der Waals surface area contributed by atoms with Gasteiger partial charge in [-0.3, -0.25) is 9.89 Å². The van der Waals surface area contributed by atoms with Crippen molar-refractivity contribution >= 4 is 5.96 Å². The van der Waals surface area contributed by atoms with Crippen LogP contribution < -0.4 is 11.1 Å². The van der Waals surface area contributed by atoms with E-state index in [1.54, 1.807) is 0 Å². The van der Waals surface area contributed by atoms with Gasteiger partial charge in [-0.25, -0.2) is 0 Å². The second-order valence-electron chi connectivity index (χ2n) is 7.27. The number of likely N-dealkylation sites (N-methyl/N-ethyl adjacent to an activating group) is 1. The number of hydrogen-bond donors (Lipinski definition) is 2. The lowest BCUT2D eigenvalue weighted by molar-refractivity contribution is 0.0264. The lowest BCUT2D eigenvalue weighted by atomic mass is 9.98. The van der Waals surface area contributed by atoms with Gasteiger partial charge in [0.05, 0.1) is 12.6 Å². The Hall–Kier alpha value is -0.810. The standard InChI is InChI=1S/C19H38N4O/c1-2-23-14-9-10-17(23)16-22-19(20)21-13-7-4-8-15-24-18-11-5-3-6-12-18/h17-18H,2-16H2,1H3,(H3,20,21,22). The van der Waals surface area contributed by atoms with E-state index in [4.69, 9.17) is 10.5 Å². The van der Waals surface area contributed by atoms with E-state index in [9.17, 15) is 0 Å². The molecule has 0 aromatic rings. The Morgan fingerprint density at radius 2 is 1.96 bits per heavy atom. The zero-order valence-electron chi connectivity index (χ0n) is 15.6. The molecule has 5 heteroatoms. The minimum absolute atomic E-state index is 0.540. The molecule has 24 heavy (non-hydrogen) atoms. The third-order valence-electron chi connectivity index (χ3n) is 5.41. The van der Waals surface area contributed by atoms with Gasteiger partial charge in [0.15, 0.2) is 5.96 Å². The van der Waals surface area contributed by atoms with Gasteiger partial charge in [-0.15, -0.1) is 0 Å². The van der Waals surface area contributed by atoms with E-state index in [-0.39, 0.29) is 0 Å². The van der Waals surface area contributed by atoms with Gasteiger partial charge in [-0.05, 0) is 58.0 Å². The summed E-state index contributed by atoms with van der Waals surface area (Å²) in [5.41, 5.74) is 5.97. The molecule has 1 atom stereocenters. The van der Waals surface area contributed by atoms with Crippen molar-refractivity contribution in [3.05, 3.63) is 0 Å². The first-order valence-corrected chi connectivity index (χ1v) is 10.2. The van der Waals surface area contributed by atoms with Crippen molar-refractivity contribution in [2.24, 2.45) is 10.7 Å². The first-order valence-electron chi connectivity index (χ1n) is 10.2. The molecule has 0 bridgehead atoms. The molecule has 0 amide bonds. The maximum absolute atomic E-state index is 5.97. The highest BCUT2D eigenvalue weighted by molar-refractivity contribution is 5.77. The first kappa shape index (κ1) is 19.5. The average molecular weight is 339 g/mol. The van der Waals surface area contributed by atoms with Crippen molar-refractivity contribution in [3.63, 3.8) is 0 Å². The van der Waals surface area contributed by atoms with Crippen molar-refractivity contribution in [3.8, 4) is 0 Å². The fourth-order valence-corrected chi connectivity index (χ4v) is 3.88. The Kier molecular flexibility index (Phi) is 9.51. The van der Waals surface area contributed by atoms with Crippen LogP contribution in [0.25, 0.3) is 0 Å². The van der Waals surface area contributed by atoms with E-state index in [2.05, 4.69) is 22.1 Å². The number of likely N-dealkylation sites (tertiary alicyclic amines) is 1. The molecule has 1 saturated heterocycles. The van der Waals surface area contributed by atoms with Crippen LogP contribution in [0.2, 0.25) is 0 Å². The summed E-state index contributed by atoms with van der Waals surface area (Å²) >= 11 is 0. The third-order valence-corrected chi connectivity index (χ3v) is 5.41. The highest BCUT2D eigenvalue weighted by Gasteiger charge is 2.22. The van der Waals surface area contributed by atoms with Crippen LogP contribution in [0.15, 0.2) is 4.99 Å². The van der Waals surface area contributed by atoms with Crippen molar-refractivity contribution in [2.75, 3.05) is 32.8 Å². The van der Waals surface area contributed by atoms with Crippen LogP contribution in [-0.4, -0.2) is 55.8 Å². The van der Waals surface area contributed by atoms with Gasteiger partial charge in [0, 0.05) is 19.2 Å². The number of unbranched alkanes of at least 4 members (excludes halogenated alkanes) is 2. The summed E-state index contributed by atoms with van der Waals surface area (Å²) in [6.07, 6.45) is 13.2. The number of rotatable bonds is 10. The molecule has 2 rings (SSSR count). The average Bonchev–Trinajstić information content (AvgIpc) is 3.07. The number of nitrogens with one attached hydrogen (secondary N) is 1. The van der Waals surface area contributed by atoms with Crippen LogP contribution in [0, 0.1) is 0 Å². The summed E-state index contributed by atoms with van der Waals surface area (Å²) in [6.45, 7) is 7.23. The molecule has 0 aromatic carbocycles. The molecule has 1 aliphatic carbocycles. The minimum atomic E-state index is 0.540. The van der Waals surface area contributed by atoms with Gasteiger partial charge in [0.25, 0.3) is 0 Å². The second kappa shape index (κ2) is 11.7. The van der Waals surface area contributed by atoms with E-state index in [0.29, 0.717) is 18.1 Å². The van der Waals surface area contributed by atoms with E-state index in [1.807, 2.05) is 0 Å². The topological polar surface area (TPSA) is 62.9 Å². The molecule has 5 nitrogen and oxygen atoms in total. The Morgan fingerprint density at radius 1 is 1.12 bits per heavy atom. The molecule has 2 aliphatic rings. The molecule has 140 valence electrons. The maximum atomic E-state index is 5.97. The van der Waals surface area contributed by atoms with E-state index in [1.165, 1.54) is 57.9 Å². The lowest BCUT2D eigenvalue weighted by Gasteiger charge is -2.21. The van der Waals surface area contributed by atoms with Gasteiger partial charge in [-0.2, -0.15) is 0 Å². The summed E-state index contributed by atoms with van der Waals surface area (Å²) in [4.78, 5) is 7.02. The number of ether oxygens (including phenoxy) is 1. The van der Waals surface area contributed by atoms with Crippen molar-refractivity contribution in [2.45, 2.75) is 83.3 Å². The Balaban J connectivity index is 1.44. The molecule has 1 aliphatic heterocycles. The van der Waals surface area contributed by atoms with Crippen LogP contribution in [-0.2, 0) is 4.74 Å². The predicted octanol–water partition coefficient (Wildman–Crippen LogP) is 2.89. The van der Waals surface area contributed by atoms with Crippen LogP contribution in [0.3, 0.4) is 0 Å². The van der Waals surface area contributed by atoms with Crippen molar-refractivity contribution in [1.82, 2.24) is 10.2 Å². The molecule has 3 N–H and O–H groups in total. The van der Waals surface area contributed by atoms with Gasteiger partial charge in [0.1, 0.15) is 0 Å². The van der Waals surface area contributed by atoms with Crippen LogP contribution in [0.1, 0.15) is 71.1 Å². The molecule has 0 spiro atoms. The molecule has 1 unspecified atom stereocenters. The zero-order valence-corrected chi connectivity index (χ0v) is 15.6. The number of nitrogens with zero attached hydrogens (tertiary/aromatic N) is 2. The Labute approximate surface area is 148 Å². The van der Waals surface area contributed by atoms with Gasteiger partial charge in [-0.1, -0.05) is 26.2 Å². The number of guanidine groups is 1. The number of aliphatic imine (C=N–C) groups is 1. The molecule has 1 saturated carbocycles. The van der Waals surface area contributed by atoms with Gasteiger partial charge >= 0.3 is 0 Å². The van der Waals surface area contributed by atoms with E-state index in [0.717, 1.165) is 39.1 Å². The van der Waals surface area contributed by atoms with Crippen molar-refractivity contribution in [1.29, 1.82) is 0 Å². The maximum Gasteiger partial charge on any atom is 0.188 e. The first-order chi connectivity index (χ1) is 11.8. The number of hydrogen-bond acceptors (Lipinski definition) is 3. The second-order valence-corrected chi connectivity index (χ2v) is 7.27. The highest BCUT2D eigenvalue weighted by atomic mass is 16.5. The van der Waals surface area contributed by atoms with Crippen molar-refractivity contribution < 1.29 is 4.74 Å². The molecular weight excluding hydrogens is 300 g/mol. The molecule has 0 radical (unpaired) electrons. The van der Waals surface area contributed by atoms with Gasteiger partial charge in [0.2, 0.25) is 0 Å². The summed E-state index contributed by atoms with van der Waals surface area (Å²) < 4.78 is 5.95. The molecule has 2 fully saturated rings. The quantitative estimate of drug-likeness (QED) is 0.365. The lowest BCUT2D eigenvalue weighted by Crippen LogP contribution is -2.36.